The predicted octanol–water partition coefficient (Wildman–Crippen LogP) is 4.47. The van der Waals surface area contributed by atoms with Gasteiger partial charge in [0, 0.05) is 24.5 Å². The zero-order valence-corrected chi connectivity index (χ0v) is 18.3. The maximum atomic E-state index is 15.3. The number of halogens is 3. The zero-order chi connectivity index (χ0) is 22.0. The van der Waals surface area contributed by atoms with Crippen LogP contribution in [0.5, 0.6) is 5.75 Å². The monoisotopic (exact) mass is 470 g/mol. The first-order valence-corrected chi connectivity index (χ1v) is 12.0. The summed E-state index contributed by atoms with van der Waals surface area (Å²) in [5.41, 5.74) is -0.224. The van der Waals surface area contributed by atoms with Crippen LogP contribution in [0.25, 0.3) is 0 Å². The summed E-state index contributed by atoms with van der Waals surface area (Å²) in [6.07, 6.45) is 0.215. The second-order valence-electron chi connectivity index (χ2n) is 8.28. The lowest BCUT2D eigenvalue weighted by molar-refractivity contribution is -0.123. The van der Waals surface area contributed by atoms with Gasteiger partial charge in [-0.05, 0) is 55.2 Å². The van der Waals surface area contributed by atoms with Gasteiger partial charge in [0.25, 0.3) is 0 Å². The highest BCUT2D eigenvalue weighted by Crippen LogP contribution is 2.60. The molecule has 0 radical (unpaired) electrons. The van der Waals surface area contributed by atoms with Gasteiger partial charge in [0.1, 0.15) is 10.6 Å². The summed E-state index contributed by atoms with van der Waals surface area (Å²) in [6.45, 7) is -0.0544. The molecule has 1 aliphatic carbocycles. The van der Waals surface area contributed by atoms with Gasteiger partial charge in [0.2, 0.25) is 0 Å². The topological polar surface area (TPSA) is 61.8 Å². The van der Waals surface area contributed by atoms with Crippen molar-refractivity contribution in [2.24, 2.45) is 11.8 Å². The third kappa shape index (κ3) is 2.95. The molecule has 9 heteroatoms. The summed E-state index contributed by atoms with van der Waals surface area (Å²) < 4.78 is 73.5. The van der Waals surface area contributed by atoms with Gasteiger partial charge in [-0.3, -0.25) is 0 Å². The van der Waals surface area contributed by atoms with Crippen molar-refractivity contribution in [1.82, 2.24) is 0 Å². The van der Waals surface area contributed by atoms with Crippen LogP contribution in [0.4, 0.5) is 8.78 Å². The van der Waals surface area contributed by atoms with E-state index in [1.165, 1.54) is 31.4 Å². The van der Waals surface area contributed by atoms with Crippen LogP contribution in [0.15, 0.2) is 41.3 Å². The second-order valence-corrected chi connectivity index (χ2v) is 10.9. The SMILES string of the molecule is CO[C@H]1C[C@H]2[C@H](CC[C@@]3(S(=O)(=O)c4ccc(Cl)cc4)c4c(F)ccc(F)c4OC[C@@H]23)O1. The molecule has 1 saturated heterocycles. The summed E-state index contributed by atoms with van der Waals surface area (Å²) in [5, 5.41) is 0.383. The molecule has 0 spiro atoms. The van der Waals surface area contributed by atoms with Gasteiger partial charge >= 0.3 is 0 Å². The van der Waals surface area contributed by atoms with Crippen molar-refractivity contribution in [3.63, 3.8) is 0 Å². The van der Waals surface area contributed by atoms with Gasteiger partial charge < -0.3 is 14.2 Å². The number of benzene rings is 2. The smallest absolute Gasteiger partial charge is 0.188 e. The van der Waals surface area contributed by atoms with E-state index < -0.39 is 38.4 Å². The maximum absolute atomic E-state index is 15.3. The normalized spacial score (nSPS) is 32.0. The van der Waals surface area contributed by atoms with Crippen molar-refractivity contribution >= 4 is 21.4 Å². The molecule has 2 heterocycles. The third-order valence-corrected chi connectivity index (χ3v) is 9.76. The van der Waals surface area contributed by atoms with Gasteiger partial charge in [0.05, 0.1) is 23.2 Å². The van der Waals surface area contributed by atoms with E-state index in [-0.39, 0.29) is 41.3 Å². The number of rotatable bonds is 3. The van der Waals surface area contributed by atoms with Crippen LogP contribution in [-0.4, -0.2) is 34.5 Å². The first-order chi connectivity index (χ1) is 14.8. The number of hydrogen-bond acceptors (Lipinski definition) is 5. The second kappa shape index (κ2) is 7.40. The molecule has 2 aromatic rings. The lowest BCUT2D eigenvalue weighted by atomic mass is 9.66. The molecule has 0 amide bonds. The van der Waals surface area contributed by atoms with Crippen molar-refractivity contribution in [2.45, 2.75) is 41.3 Å². The summed E-state index contributed by atoms with van der Waals surface area (Å²) in [5.74, 6) is -2.76. The highest BCUT2D eigenvalue weighted by Gasteiger charge is 2.64. The summed E-state index contributed by atoms with van der Waals surface area (Å²) in [7, 11) is -2.63. The minimum absolute atomic E-state index is 0.0130. The van der Waals surface area contributed by atoms with E-state index in [4.69, 9.17) is 25.8 Å². The van der Waals surface area contributed by atoms with Crippen molar-refractivity contribution in [1.29, 1.82) is 0 Å². The molecule has 0 aromatic heterocycles. The van der Waals surface area contributed by atoms with Crippen LogP contribution in [0.2, 0.25) is 5.02 Å². The molecule has 5 nitrogen and oxygen atoms in total. The minimum Gasteiger partial charge on any atom is -0.490 e. The van der Waals surface area contributed by atoms with Gasteiger partial charge in [-0.15, -0.1) is 0 Å². The molecular weight excluding hydrogens is 450 g/mol. The fraction of sp³-hybridized carbons (Fsp3) is 0.455. The van der Waals surface area contributed by atoms with Gasteiger partial charge in [-0.1, -0.05) is 11.6 Å². The molecule has 2 aromatic carbocycles. The first-order valence-electron chi connectivity index (χ1n) is 10.1. The van der Waals surface area contributed by atoms with Gasteiger partial charge in [-0.2, -0.15) is 0 Å². The predicted molar refractivity (Wildman–Crippen MR) is 109 cm³/mol. The van der Waals surface area contributed by atoms with Crippen molar-refractivity contribution in [2.75, 3.05) is 13.7 Å². The van der Waals surface area contributed by atoms with Crippen molar-refractivity contribution in [3.05, 3.63) is 58.6 Å². The Morgan fingerprint density at radius 3 is 2.55 bits per heavy atom. The minimum atomic E-state index is -4.16. The maximum Gasteiger partial charge on any atom is 0.188 e. The van der Waals surface area contributed by atoms with Crippen LogP contribution in [0.3, 0.4) is 0 Å². The van der Waals surface area contributed by atoms with E-state index in [0.717, 1.165) is 12.1 Å². The lowest BCUT2D eigenvalue weighted by Crippen LogP contribution is -2.56. The Morgan fingerprint density at radius 1 is 1.13 bits per heavy atom. The average molecular weight is 471 g/mol. The molecule has 3 aliphatic rings. The molecule has 2 fully saturated rings. The fourth-order valence-electron chi connectivity index (χ4n) is 5.57. The zero-order valence-electron chi connectivity index (χ0n) is 16.7. The lowest BCUT2D eigenvalue weighted by Gasteiger charge is -2.50. The van der Waals surface area contributed by atoms with Crippen molar-refractivity contribution < 1.29 is 31.4 Å². The van der Waals surface area contributed by atoms with E-state index in [9.17, 15) is 12.8 Å². The fourth-order valence-corrected chi connectivity index (χ4v) is 8.10. The van der Waals surface area contributed by atoms with Crippen LogP contribution in [0.1, 0.15) is 24.8 Å². The molecule has 0 N–H and O–H groups in total. The third-order valence-electron chi connectivity index (χ3n) is 6.94. The molecule has 166 valence electrons. The van der Waals surface area contributed by atoms with E-state index in [0.29, 0.717) is 17.9 Å². The Balaban J connectivity index is 1.76. The number of sulfone groups is 1. The Hall–Kier alpha value is -1.74. The molecule has 0 bridgehead atoms. The average Bonchev–Trinajstić information content (AvgIpc) is 3.19. The number of fused-ring (bicyclic) bond motifs is 5. The van der Waals surface area contributed by atoms with Crippen LogP contribution < -0.4 is 4.74 Å². The van der Waals surface area contributed by atoms with Crippen LogP contribution in [-0.2, 0) is 24.1 Å². The summed E-state index contributed by atoms with van der Waals surface area (Å²) in [6, 6.07) is 7.70. The number of methoxy groups -OCH3 is 1. The van der Waals surface area contributed by atoms with Gasteiger partial charge in [-0.25, -0.2) is 17.2 Å². The van der Waals surface area contributed by atoms with Crippen LogP contribution in [0, 0.1) is 23.5 Å². The van der Waals surface area contributed by atoms with Crippen molar-refractivity contribution in [3.8, 4) is 5.75 Å². The molecule has 0 unspecified atom stereocenters. The molecular formula is C22H21ClF2O5S. The van der Waals surface area contributed by atoms with E-state index >= 15 is 4.39 Å². The number of hydrogen-bond donors (Lipinski definition) is 0. The van der Waals surface area contributed by atoms with E-state index in [2.05, 4.69) is 0 Å². The Bertz CT molecular complexity index is 1120. The summed E-state index contributed by atoms with van der Waals surface area (Å²) >= 11 is 5.96. The molecule has 5 rings (SSSR count). The molecule has 5 atom stereocenters. The largest absolute Gasteiger partial charge is 0.490 e. The molecule has 1 saturated carbocycles. The summed E-state index contributed by atoms with van der Waals surface area (Å²) in [4.78, 5) is 0.0130. The Labute approximate surface area is 184 Å². The van der Waals surface area contributed by atoms with Crippen LogP contribution >= 0.6 is 11.6 Å². The highest BCUT2D eigenvalue weighted by atomic mass is 35.5. The Morgan fingerprint density at radius 2 is 1.84 bits per heavy atom. The quantitative estimate of drug-likeness (QED) is 0.662. The molecule has 2 aliphatic heterocycles. The Kier molecular flexibility index (Phi) is 5.04. The number of ether oxygens (including phenoxy) is 3. The molecule has 31 heavy (non-hydrogen) atoms. The van der Waals surface area contributed by atoms with E-state index in [1.807, 2.05) is 0 Å². The standard InChI is InChI=1S/C22H21ClF2O5S/c1-28-19-10-14-15-11-29-21-17(25)7-6-16(24)20(21)22(15,9-8-18(14)30-19)31(26,27)13-4-2-12(23)3-5-13/h2-7,14-15,18-19H,8-11H2,1H3/t14-,15+,18+,19-,22+/m1/s1. The van der Waals surface area contributed by atoms with Gasteiger partial charge in [0.15, 0.2) is 27.7 Å². The highest BCUT2D eigenvalue weighted by molar-refractivity contribution is 7.92. The van der Waals surface area contributed by atoms with E-state index in [1.54, 1.807) is 0 Å². The first kappa shape index (κ1) is 21.1.